The fourth-order valence-electron chi connectivity index (χ4n) is 4.74. The molecule has 0 bridgehead atoms. The molecule has 5 rings (SSSR count). The van der Waals surface area contributed by atoms with E-state index in [2.05, 4.69) is 13.6 Å². The first-order valence-electron chi connectivity index (χ1n) is 11.4. The van der Waals surface area contributed by atoms with Crippen LogP contribution in [0.3, 0.4) is 0 Å². The Balaban J connectivity index is 1.25. The Hall–Kier alpha value is -2.76. The highest BCUT2D eigenvalue weighted by Gasteiger charge is 2.36. The van der Waals surface area contributed by atoms with Gasteiger partial charge in [0.25, 0.3) is 0 Å². The molecule has 3 aromatic rings. The van der Waals surface area contributed by atoms with E-state index >= 15 is 0 Å². The number of aromatic nitrogens is 2. The number of methoxy groups -OCH3 is 1. The fraction of sp³-hybridized carbons (Fsp3) is 0.435. The van der Waals surface area contributed by atoms with Gasteiger partial charge in [-0.3, -0.25) is 4.79 Å². The molecule has 1 atom stereocenters. The van der Waals surface area contributed by atoms with Crippen LogP contribution in [-0.2, 0) is 14.8 Å². The van der Waals surface area contributed by atoms with E-state index in [-0.39, 0.29) is 23.3 Å². The number of ether oxygens (including phenoxy) is 1. The summed E-state index contributed by atoms with van der Waals surface area (Å²) in [4.78, 5) is 17.6. The van der Waals surface area contributed by atoms with Crippen molar-refractivity contribution in [3.63, 3.8) is 0 Å². The number of hydrogen-bond acceptors (Lipinski definition) is 8. The summed E-state index contributed by atoms with van der Waals surface area (Å²) in [5.74, 6) is 0.516. The van der Waals surface area contributed by atoms with E-state index in [0.717, 1.165) is 36.3 Å². The molecule has 2 saturated heterocycles. The Labute approximate surface area is 203 Å². The fourth-order valence-corrected chi connectivity index (χ4v) is 7.02. The number of benzene rings is 2. The van der Waals surface area contributed by atoms with Crippen LogP contribution in [0.25, 0.3) is 11.0 Å². The normalized spacial score (nSPS) is 20.0. The predicted molar refractivity (Wildman–Crippen MR) is 131 cm³/mol. The molecule has 1 amide bonds. The Bertz CT molecular complexity index is 1290. The monoisotopic (exact) mass is 501 g/mol. The van der Waals surface area contributed by atoms with Crippen molar-refractivity contribution in [2.45, 2.75) is 17.7 Å². The van der Waals surface area contributed by atoms with E-state index in [1.807, 2.05) is 29.2 Å². The van der Waals surface area contributed by atoms with Crippen LogP contribution >= 0.6 is 11.7 Å². The molecule has 0 aliphatic carbocycles. The number of anilines is 1. The maximum Gasteiger partial charge on any atom is 0.245 e. The number of amides is 1. The van der Waals surface area contributed by atoms with Crippen molar-refractivity contribution >= 4 is 44.4 Å². The van der Waals surface area contributed by atoms with Gasteiger partial charge in [0.1, 0.15) is 21.7 Å². The molecule has 2 fully saturated rings. The zero-order chi connectivity index (χ0) is 23.7. The standard InChI is InChI=1S/C23H27N5O4S2/c1-32-19-7-2-6-18(15-19)26-11-13-27(14-12-26)23(29)17-5-4-10-28(16-17)34(30,31)21-9-3-8-20-22(21)25-33-24-20/h2-3,6-9,15,17H,4-5,10-14,16H2,1H3/t17-/m1/s1. The van der Waals surface area contributed by atoms with Gasteiger partial charge in [-0.15, -0.1) is 0 Å². The average molecular weight is 502 g/mol. The summed E-state index contributed by atoms with van der Waals surface area (Å²) in [5, 5.41) is 0. The summed E-state index contributed by atoms with van der Waals surface area (Å²) < 4.78 is 41.9. The van der Waals surface area contributed by atoms with Crippen molar-refractivity contribution in [2.75, 3.05) is 51.3 Å². The molecule has 0 radical (unpaired) electrons. The molecule has 2 aliphatic rings. The number of hydrogen-bond donors (Lipinski definition) is 0. The smallest absolute Gasteiger partial charge is 0.245 e. The number of rotatable bonds is 5. The summed E-state index contributed by atoms with van der Waals surface area (Å²) in [6.45, 7) is 3.29. The summed E-state index contributed by atoms with van der Waals surface area (Å²) in [6, 6.07) is 12.9. The molecule has 9 nitrogen and oxygen atoms in total. The SMILES string of the molecule is COc1cccc(N2CCN(C(=O)[C@@H]3CCCN(S(=O)(=O)c4cccc5nsnc45)C3)CC2)c1. The highest BCUT2D eigenvalue weighted by molar-refractivity contribution is 7.89. The van der Waals surface area contributed by atoms with Crippen LogP contribution in [0.2, 0.25) is 0 Å². The third-order valence-electron chi connectivity index (χ3n) is 6.61. The minimum Gasteiger partial charge on any atom is -0.497 e. The van der Waals surface area contributed by atoms with Crippen LogP contribution in [-0.4, -0.2) is 78.7 Å². The van der Waals surface area contributed by atoms with Crippen LogP contribution in [0.15, 0.2) is 47.4 Å². The first-order chi connectivity index (χ1) is 16.5. The first kappa shape index (κ1) is 23.0. The number of carbonyl (C=O) groups excluding carboxylic acids is 1. The van der Waals surface area contributed by atoms with E-state index in [9.17, 15) is 13.2 Å². The largest absolute Gasteiger partial charge is 0.497 e. The van der Waals surface area contributed by atoms with Gasteiger partial charge in [-0.2, -0.15) is 13.1 Å². The summed E-state index contributed by atoms with van der Waals surface area (Å²) in [5.41, 5.74) is 2.05. The summed E-state index contributed by atoms with van der Waals surface area (Å²) in [7, 11) is -2.11. The van der Waals surface area contributed by atoms with Gasteiger partial charge in [0.2, 0.25) is 15.9 Å². The second-order valence-corrected chi connectivity index (χ2v) is 11.0. The molecule has 0 saturated carbocycles. The third-order valence-corrected chi connectivity index (χ3v) is 9.05. The van der Waals surface area contributed by atoms with Gasteiger partial charge >= 0.3 is 0 Å². The van der Waals surface area contributed by atoms with Crippen LogP contribution in [0.4, 0.5) is 5.69 Å². The minimum atomic E-state index is -3.76. The molecule has 0 N–H and O–H groups in total. The molecule has 34 heavy (non-hydrogen) atoms. The Kier molecular flexibility index (Phi) is 6.41. The third kappa shape index (κ3) is 4.35. The second kappa shape index (κ2) is 9.47. The lowest BCUT2D eigenvalue weighted by Crippen LogP contribution is -2.53. The topological polar surface area (TPSA) is 95.9 Å². The quantitative estimate of drug-likeness (QED) is 0.530. The van der Waals surface area contributed by atoms with Gasteiger partial charge < -0.3 is 14.5 Å². The molecule has 2 aliphatic heterocycles. The molecule has 3 heterocycles. The number of piperidine rings is 1. The lowest BCUT2D eigenvalue weighted by atomic mass is 9.97. The number of carbonyl (C=O) groups is 1. The number of nitrogens with zero attached hydrogens (tertiary/aromatic N) is 5. The van der Waals surface area contributed by atoms with E-state index in [4.69, 9.17) is 4.74 Å². The zero-order valence-corrected chi connectivity index (χ0v) is 20.6. The predicted octanol–water partition coefficient (Wildman–Crippen LogP) is 2.45. The Morgan fingerprint density at radius 1 is 1.06 bits per heavy atom. The lowest BCUT2D eigenvalue weighted by molar-refractivity contribution is -0.137. The first-order valence-corrected chi connectivity index (χ1v) is 13.5. The molecule has 2 aromatic carbocycles. The highest BCUT2D eigenvalue weighted by Crippen LogP contribution is 2.29. The molecule has 0 unspecified atom stereocenters. The zero-order valence-electron chi connectivity index (χ0n) is 19.0. The van der Waals surface area contributed by atoms with Gasteiger partial charge in [0.05, 0.1) is 24.8 Å². The van der Waals surface area contributed by atoms with Crippen molar-refractivity contribution in [2.24, 2.45) is 5.92 Å². The van der Waals surface area contributed by atoms with Gasteiger partial charge in [-0.05, 0) is 37.1 Å². The molecule has 180 valence electrons. The van der Waals surface area contributed by atoms with Crippen molar-refractivity contribution in [1.82, 2.24) is 18.0 Å². The van der Waals surface area contributed by atoms with Gasteiger partial charge in [-0.1, -0.05) is 12.1 Å². The molecular weight excluding hydrogens is 474 g/mol. The van der Waals surface area contributed by atoms with Crippen molar-refractivity contribution in [1.29, 1.82) is 0 Å². The van der Waals surface area contributed by atoms with E-state index in [1.165, 1.54) is 4.31 Å². The lowest BCUT2D eigenvalue weighted by Gasteiger charge is -2.39. The second-order valence-electron chi connectivity index (χ2n) is 8.60. The Morgan fingerprint density at radius 2 is 1.85 bits per heavy atom. The summed E-state index contributed by atoms with van der Waals surface area (Å²) >= 11 is 1.000. The Morgan fingerprint density at radius 3 is 2.65 bits per heavy atom. The van der Waals surface area contributed by atoms with E-state index in [1.54, 1.807) is 25.3 Å². The minimum absolute atomic E-state index is 0.0405. The van der Waals surface area contributed by atoms with Crippen LogP contribution in [0.1, 0.15) is 12.8 Å². The van der Waals surface area contributed by atoms with Crippen molar-refractivity contribution in [3.8, 4) is 5.75 Å². The van der Waals surface area contributed by atoms with Gasteiger partial charge in [0.15, 0.2) is 0 Å². The molecule has 1 aromatic heterocycles. The number of piperazine rings is 1. The number of fused-ring (bicyclic) bond motifs is 1. The van der Waals surface area contributed by atoms with Gasteiger partial charge in [-0.25, -0.2) is 8.42 Å². The number of sulfonamides is 1. The highest BCUT2D eigenvalue weighted by atomic mass is 32.2. The van der Waals surface area contributed by atoms with Crippen LogP contribution in [0.5, 0.6) is 5.75 Å². The summed E-state index contributed by atoms with van der Waals surface area (Å²) in [6.07, 6.45) is 1.36. The molecular formula is C23H27N5O4S2. The molecule has 11 heteroatoms. The maximum absolute atomic E-state index is 13.4. The average Bonchev–Trinajstić information content (AvgIpc) is 3.37. The van der Waals surface area contributed by atoms with E-state index in [0.29, 0.717) is 43.5 Å². The van der Waals surface area contributed by atoms with Gasteiger partial charge in [0, 0.05) is 51.0 Å². The molecule has 0 spiro atoms. The van der Waals surface area contributed by atoms with Crippen molar-refractivity contribution in [3.05, 3.63) is 42.5 Å². The van der Waals surface area contributed by atoms with Crippen molar-refractivity contribution < 1.29 is 17.9 Å². The van der Waals surface area contributed by atoms with Crippen LogP contribution < -0.4 is 9.64 Å². The van der Waals surface area contributed by atoms with Crippen LogP contribution in [0, 0.1) is 5.92 Å². The van der Waals surface area contributed by atoms with E-state index < -0.39 is 10.0 Å². The maximum atomic E-state index is 13.4.